The Kier molecular flexibility index (Phi) is 7.56. The van der Waals surface area contributed by atoms with E-state index >= 15 is 0 Å². The van der Waals surface area contributed by atoms with Crippen molar-refractivity contribution in [1.29, 1.82) is 0 Å². The van der Waals surface area contributed by atoms with Crippen molar-refractivity contribution in [2.24, 2.45) is 5.73 Å². The van der Waals surface area contributed by atoms with Crippen molar-refractivity contribution < 1.29 is 6.22 Å². The third-order valence-electron chi connectivity index (χ3n) is 2.01. The van der Waals surface area contributed by atoms with Crippen molar-refractivity contribution in [2.45, 2.75) is 39.7 Å². The molecule has 0 bridgehead atoms. The lowest BCUT2D eigenvalue weighted by Crippen LogP contribution is -2.26. The van der Waals surface area contributed by atoms with E-state index in [0.29, 0.717) is 6.42 Å². The number of aryl methyl sites for hydroxylation is 1. The number of hydrogen-bond donors (Lipinski definition) is 1. The van der Waals surface area contributed by atoms with Gasteiger partial charge in [0, 0.05) is 7.85 Å². The summed E-state index contributed by atoms with van der Waals surface area (Å²) in [6.45, 7) is 5.73. The van der Waals surface area contributed by atoms with Gasteiger partial charge in [0.05, 0.1) is 6.04 Å². The molecule has 0 saturated carbocycles. The van der Waals surface area contributed by atoms with Gasteiger partial charge in [-0.3, -0.25) is 4.79 Å². The molecule has 0 aliphatic carbocycles. The van der Waals surface area contributed by atoms with E-state index < -0.39 is 0 Å². The van der Waals surface area contributed by atoms with Crippen LogP contribution >= 0.6 is 0 Å². The van der Waals surface area contributed by atoms with Crippen LogP contribution in [0.1, 0.15) is 34.2 Å². The molecule has 0 amide bonds. The van der Waals surface area contributed by atoms with Gasteiger partial charge in [0.1, 0.15) is 5.78 Å². The van der Waals surface area contributed by atoms with Gasteiger partial charge in [-0.2, -0.15) is 0 Å². The van der Waals surface area contributed by atoms with Gasteiger partial charge in [0.25, 0.3) is 0 Å². The summed E-state index contributed by atoms with van der Waals surface area (Å²) in [6, 6.07) is 9.64. The lowest BCUT2D eigenvalue weighted by Gasteiger charge is -2.03. The molecule has 0 saturated heterocycles. The van der Waals surface area contributed by atoms with E-state index in [0.717, 1.165) is 6.42 Å². The maximum atomic E-state index is 11.2. The molecule has 15 heavy (non-hydrogen) atoms. The largest absolute Gasteiger partial charge is 0.322 e. The van der Waals surface area contributed by atoms with Crippen molar-refractivity contribution in [1.82, 2.24) is 0 Å². The molecule has 0 radical (unpaired) electrons. The summed E-state index contributed by atoms with van der Waals surface area (Å²) < 4.78 is 0. The predicted octanol–water partition coefficient (Wildman–Crippen LogP) is 2.81. The molecular weight excluding hydrogens is 186 g/mol. The minimum absolute atomic E-state index is 0. The highest BCUT2D eigenvalue weighted by Gasteiger charge is 2.06. The second-order valence-electron chi connectivity index (χ2n) is 3.24. The number of hydrogen-bond acceptors (Lipinski definition) is 2. The van der Waals surface area contributed by atoms with Crippen molar-refractivity contribution in [3.8, 4) is 0 Å². The molecule has 0 aromatic heterocycles. The first-order chi connectivity index (χ1) is 7.20. The summed E-state index contributed by atoms with van der Waals surface area (Å²) in [5, 5.41) is 0. The first-order valence-electron chi connectivity index (χ1n) is 5.52. The van der Waals surface area contributed by atoms with Crippen LogP contribution in [-0.4, -0.2) is 11.8 Å². The zero-order valence-electron chi connectivity index (χ0n) is 9.86. The number of nitrogens with two attached hydrogens (primary N) is 1. The van der Waals surface area contributed by atoms with Gasteiger partial charge in [0.2, 0.25) is 0 Å². The number of ketones is 1. The maximum absolute atomic E-state index is 11.2. The minimum Gasteiger partial charge on any atom is -0.322 e. The van der Waals surface area contributed by atoms with E-state index in [1.807, 2.05) is 44.2 Å². The lowest BCUT2D eigenvalue weighted by molar-refractivity contribution is -0.119. The Bertz CT molecular complexity index is 273. The van der Waals surface area contributed by atoms with Crippen LogP contribution in [0.4, 0.5) is 0 Å². The van der Waals surface area contributed by atoms with Crippen LogP contribution in [0.5, 0.6) is 0 Å². The summed E-state index contributed by atoms with van der Waals surface area (Å²) in [7, 11) is 0. The third kappa shape index (κ3) is 6.02. The van der Waals surface area contributed by atoms with Gasteiger partial charge in [0.15, 0.2) is 0 Å². The van der Waals surface area contributed by atoms with Gasteiger partial charge in [-0.15, -0.1) is 0 Å². The standard InChI is InChI=1S/C11H15NO.C2H6.H2/c1-9(12)11(13)8-7-10-5-3-2-4-6-10;1-2;/h2-6,9H,7-8,12H2,1H3;1-2H3;1H. The Balaban J connectivity index is 0. The second-order valence-corrected chi connectivity index (χ2v) is 3.24. The van der Waals surface area contributed by atoms with Gasteiger partial charge in [-0.1, -0.05) is 44.2 Å². The summed E-state index contributed by atoms with van der Waals surface area (Å²) >= 11 is 0. The van der Waals surface area contributed by atoms with Gasteiger partial charge < -0.3 is 5.73 Å². The molecule has 0 spiro atoms. The molecule has 1 atom stereocenters. The summed E-state index contributed by atoms with van der Waals surface area (Å²) in [5.74, 6) is 0.129. The molecule has 0 heterocycles. The Hall–Kier alpha value is -1.15. The van der Waals surface area contributed by atoms with Crippen molar-refractivity contribution in [3.05, 3.63) is 35.9 Å². The van der Waals surface area contributed by atoms with Crippen LogP contribution in [-0.2, 0) is 11.2 Å². The molecule has 2 N–H and O–H groups in total. The van der Waals surface area contributed by atoms with E-state index in [1.54, 1.807) is 6.92 Å². The summed E-state index contributed by atoms with van der Waals surface area (Å²) in [5.41, 5.74) is 6.64. The average molecular weight is 209 g/mol. The first-order valence-corrected chi connectivity index (χ1v) is 5.52. The molecule has 0 fully saturated rings. The number of carbonyl (C=O) groups is 1. The highest BCUT2D eigenvalue weighted by Crippen LogP contribution is 2.03. The zero-order valence-corrected chi connectivity index (χ0v) is 9.86. The molecule has 1 unspecified atom stereocenters. The van der Waals surface area contributed by atoms with Crippen LogP contribution in [0.2, 0.25) is 0 Å². The smallest absolute Gasteiger partial charge is 0.149 e. The quantitative estimate of drug-likeness (QED) is 0.828. The number of carbonyl (C=O) groups excluding carboxylic acids is 1. The molecule has 2 heteroatoms. The topological polar surface area (TPSA) is 43.1 Å². The Morgan fingerprint density at radius 2 is 1.87 bits per heavy atom. The van der Waals surface area contributed by atoms with E-state index in [1.165, 1.54) is 5.56 Å². The molecule has 1 aromatic rings. The molecule has 1 rings (SSSR count). The van der Waals surface area contributed by atoms with Crippen molar-refractivity contribution >= 4 is 5.78 Å². The summed E-state index contributed by atoms with van der Waals surface area (Å²) in [4.78, 5) is 11.2. The van der Waals surface area contributed by atoms with Crippen LogP contribution in [0, 0.1) is 0 Å². The van der Waals surface area contributed by atoms with Gasteiger partial charge in [-0.25, -0.2) is 0 Å². The fourth-order valence-corrected chi connectivity index (χ4v) is 1.14. The lowest BCUT2D eigenvalue weighted by atomic mass is 10.1. The van der Waals surface area contributed by atoms with Gasteiger partial charge in [-0.05, 0) is 18.9 Å². The molecule has 0 aliphatic heterocycles. The average Bonchev–Trinajstić information content (AvgIpc) is 2.30. The van der Waals surface area contributed by atoms with Crippen molar-refractivity contribution in [3.63, 3.8) is 0 Å². The number of rotatable bonds is 4. The molecule has 86 valence electrons. The summed E-state index contributed by atoms with van der Waals surface area (Å²) in [6.07, 6.45) is 1.34. The fraction of sp³-hybridized carbons (Fsp3) is 0.462. The van der Waals surface area contributed by atoms with Gasteiger partial charge >= 0.3 is 0 Å². The van der Waals surface area contributed by atoms with Crippen molar-refractivity contribution in [2.75, 3.05) is 0 Å². The molecule has 0 aliphatic rings. The highest BCUT2D eigenvalue weighted by atomic mass is 16.1. The number of benzene rings is 1. The minimum atomic E-state index is -0.330. The molecule has 1 aromatic carbocycles. The van der Waals surface area contributed by atoms with Crippen LogP contribution in [0.25, 0.3) is 0 Å². The first kappa shape index (κ1) is 13.8. The van der Waals surface area contributed by atoms with E-state index in [4.69, 9.17) is 5.73 Å². The SMILES string of the molecule is CC.CC(N)C(=O)CCc1ccccc1.[HH]. The van der Waals surface area contributed by atoms with Crippen LogP contribution in [0.15, 0.2) is 30.3 Å². The Labute approximate surface area is 94.0 Å². The van der Waals surface area contributed by atoms with E-state index in [-0.39, 0.29) is 13.3 Å². The van der Waals surface area contributed by atoms with Crippen LogP contribution in [0.3, 0.4) is 0 Å². The Morgan fingerprint density at radius 1 is 1.33 bits per heavy atom. The molecular formula is C13H23NO. The Morgan fingerprint density at radius 3 is 2.33 bits per heavy atom. The second kappa shape index (κ2) is 8.18. The van der Waals surface area contributed by atoms with Crippen LogP contribution < -0.4 is 5.73 Å². The predicted molar refractivity (Wildman–Crippen MR) is 66.9 cm³/mol. The normalized spacial score (nSPS) is 11.2. The third-order valence-corrected chi connectivity index (χ3v) is 2.01. The zero-order chi connectivity index (χ0) is 11.7. The highest BCUT2D eigenvalue weighted by molar-refractivity contribution is 5.83. The van der Waals surface area contributed by atoms with E-state index in [2.05, 4.69) is 0 Å². The van der Waals surface area contributed by atoms with E-state index in [9.17, 15) is 4.79 Å². The monoisotopic (exact) mass is 209 g/mol. The molecule has 2 nitrogen and oxygen atoms in total. The fourth-order valence-electron chi connectivity index (χ4n) is 1.14. The maximum Gasteiger partial charge on any atom is 0.149 e. The number of Topliss-reactive ketones (excluding diaryl/α,β-unsaturated/α-hetero) is 1.